The zero-order chi connectivity index (χ0) is 10.6. The Bertz CT molecular complexity index is 186. The predicted molar refractivity (Wildman–Crippen MR) is 59.4 cm³/mol. The van der Waals surface area contributed by atoms with Gasteiger partial charge < -0.3 is 5.32 Å². The number of halogens is 1. The number of alkyl halides is 1. The van der Waals surface area contributed by atoms with E-state index in [1.807, 2.05) is 6.92 Å². The summed E-state index contributed by atoms with van der Waals surface area (Å²) in [6.07, 6.45) is 4.47. The van der Waals surface area contributed by atoms with Gasteiger partial charge in [0.2, 0.25) is 5.91 Å². The lowest BCUT2D eigenvalue weighted by Gasteiger charge is -2.25. The molecule has 1 fully saturated rings. The monoisotopic (exact) mass is 217 g/mol. The van der Waals surface area contributed by atoms with Crippen LogP contribution in [0, 0.1) is 11.8 Å². The first kappa shape index (κ1) is 11.8. The third kappa shape index (κ3) is 3.87. The molecule has 1 N–H and O–H groups in total. The molecule has 0 spiro atoms. The molecular formula is C11H20ClNO. The van der Waals surface area contributed by atoms with E-state index >= 15 is 0 Å². The van der Waals surface area contributed by atoms with Gasteiger partial charge in [-0.3, -0.25) is 4.79 Å². The first-order valence-electron chi connectivity index (χ1n) is 5.51. The zero-order valence-electron chi connectivity index (χ0n) is 9.05. The van der Waals surface area contributed by atoms with Crippen molar-refractivity contribution >= 4 is 17.5 Å². The Morgan fingerprint density at radius 3 is 2.50 bits per heavy atom. The van der Waals surface area contributed by atoms with E-state index in [1.54, 1.807) is 0 Å². The van der Waals surface area contributed by atoms with Gasteiger partial charge in [-0.05, 0) is 38.5 Å². The molecule has 0 radical (unpaired) electrons. The second kappa shape index (κ2) is 5.59. The molecule has 0 saturated heterocycles. The molecule has 0 bridgehead atoms. The van der Waals surface area contributed by atoms with Crippen molar-refractivity contribution in [2.24, 2.45) is 11.8 Å². The highest BCUT2D eigenvalue weighted by Crippen LogP contribution is 2.28. The Morgan fingerprint density at radius 1 is 1.43 bits per heavy atom. The lowest BCUT2D eigenvalue weighted by molar-refractivity contribution is -0.126. The van der Waals surface area contributed by atoms with Gasteiger partial charge in [-0.25, -0.2) is 0 Å². The summed E-state index contributed by atoms with van der Waals surface area (Å²) in [5, 5.41) is 2.92. The van der Waals surface area contributed by atoms with Crippen molar-refractivity contribution in [2.75, 3.05) is 6.54 Å². The Hall–Kier alpha value is -0.240. The molecule has 0 heterocycles. The SMILES string of the molecule is CC(Cl)CNC(=O)C1CCC(C)CC1. The van der Waals surface area contributed by atoms with Crippen LogP contribution in [-0.4, -0.2) is 17.8 Å². The molecule has 1 aliphatic rings. The number of hydrogen-bond acceptors (Lipinski definition) is 1. The number of nitrogens with one attached hydrogen (secondary N) is 1. The summed E-state index contributed by atoms with van der Waals surface area (Å²) in [4.78, 5) is 11.6. The van der Waals surface area contributed by atoms with Gasteiger partial charge in [0.05, 0.1) is 0 Å². The fraction of sp³-hybridized carbons (Fsp3) is 0.909. The quantitative estimate of drug-likeness (QED) is 0.724. The summed E-state index contributed by atoms with van der Waals surface area (Å²) in [6, 6.07) is 0. The number of rotatable bonds is 3. The largest absolute Gasteiger partial charge is 0.354 e. The van der Waals surface area contributed by atoms with Crippen LogP contribution in [0.25, 0.3) is 0 Å². The van der Waals surface area contributed by atoms with Gasteiger partial charge in [-0.15, -0.1) is 11.6 Å². The molecule has 82 valence electrons. The Kier molecular flexibility index (Phi) is 4.73. The highest BCUT2D eigenvalue weighted by atomic mass is 35.5. The predicted octanol–water partition coefficient (Wildman–Crippen LogP) is 2.56. The summed E-state index contributed by atoms with van der Waals surface area (Å²) in [7, 11) is 0. The topological polar surface area (TPSA) is 29.1 Å². The molecule has 2 nitrogen and oxygen atoms in total. The van der Waals surface area contributed by atoms with Crippen LogP contribution in [0.4, 0.5) is 0 Å². The molecule has 0 aliphatic heterocycles. The number of amides is 1. The number of carbonyl (C=O) groups excluding carboxylic acids is 1. The molecule has 3 heteroatoms. The van der Waals surface area contributed by atoms with E-state index in [0.717, 1.165) is 18.8 Å². The summed E-state index contributed by atoms with van der Waals surface area (Å²) >= 11 is 5.77. The van der Waals surface area contributed by atoms with Gasteiger partial charge in [-0.1, -0.05) is 6.92 Å². The molecule has 14 heavy (non-hydrogen) atoms. The molecule has 1 saturated carbocycles. The Balaban J connectivity index is 2.24. The van der Waals surface area contributed by atoms with E-state index < -0.39 is 0 Å². The van der Waals surface area contributed by atoms with E-state index in [2.05, 4.69) is 12.2 Å². The van der Waals surface area contributed by atoms with E-state index in [-0.39, 0.29) is 17.2 Å². The minimum atomic E-state index is 0.0291. The number of hydrogen-bond donors (Lipinski definition) is 1. The van der Waals surface area contributed by atoms with Crippen molar-refractivity contribution in [3.8, 4) is 0 Å². The van der Waals surface area contributed by atoms with Crippen LogP contribution >= 0.6 is 11.6 Å². The van der Waals surface area contributed by atoms with Gasteiger partial charge in [-0.2, -0.15) is 0 Å². The maximum absolute atomic E-state index is 11.6. The second-order valence-corrected chi connectivity index (χ2v) is 5.23. The van der Waals surface area contributed by atoms with Crippen LogP contribution in [0.3, 0.4) is 0 Å². The van der Waals surface area contributed by atoms with Crippen molar-refractivity contribution in [1.82, 2.24) is 5.32 Å². The lowest BCUT2D eigenvalue weighted by Crippen LogP contribution is -2.35. The molecule has 1 rings (SSSR count). The van der Waals surface area contributed by atoms with Crippen molar-refractivity contribution < 1.29 is 4.79 Å². The van der Waals surface area contributed by atoms with Gasteiger partial charge in [0.25, 0.3) is 0 Å². The van der Waals surface area contributed by atoms with Crippen molar-refractivity contribution in [2.45, 2.75) is 44.9 Å². The third-order valence-corrected chi connectivity index (χ3v) is 3.10. The van der Waals surface area contributed by atoms with E-state index in [4.69, 9.17) is 11.6 Å². The summed E-state index contributed by atoms with van der Waals surface area (Å²) in [5.41, 5.74) is 0. The first-order valence-corrected chi connectivity index (χ1v) is 5.95. The van der Waals surface area contributed by atoms with Crippen LogP contribution in [0.15, 0.2) is 0 Å². The van der Waals surface area contributed by atoms with Crippen LogP contribution in [0.5, 0.6) is 0 Å². The minimum absolute atomic E-state index is 0.0291. The van der Waals surface area contributed by atoms with Gasteiger partial charge in [0.15, 0.2) is 0 Å². The molecule has 1 atom stereocenters. The first-order chi connectivity index (χ1) is 6.59. The molecule has 0 aromatic heterocycles. The summed E-state index contributed by atoms with van der Waals surface area (Å²) in [5.74, 6) is 1.23. The van der Waals surface area contributed by atoms with Crippen molar-refractivity contribution in [1.29, 1.82) is 0 Å². The van der Waals surface area contributed by atoms with Crippen LogP contribution in [0.2, 0.25) is 0 Å². The van der Waals surface area contributed by atoms with Crippen molar-refractivity contribution in [3.63, 3.8) is 0 Å². The molecule has 0 aromatic carbocycles. The van der Waals surface area contributed by atoms with Crippen LogP contribution in [-0.2, 0) is 4.79 Å². The lowest BCUT2D eigenvalue weighted by atomic mass is 9.82. The molecular weight excluding hydrogens is 198 g/mol. The van der Waals surface area contributed by atoms with Gasteiger partial charge >= 0.3 is 0 Å². The third-order valence-electron chi connectivity index (χ3n) is 2.94. The standard InChI is InChI=1S/C11H20ClNO/c1-8-3-5-10(6-4-8)11(14)13-7-9(2)12/h8-10H,3-7H2,1-2H3,(H,13,14). The molecule has 1 unspecified atom stereocenters. The highest BCUT2D eigenvalue weighted by Gasteiger charge is 2.23. The minimum Gasteiger partial charge on any atom is -0.354 e. The maximum Gasteiger partial charge on any atom is 0.223 e. The highest BCUT2D eigenvalue weighted by molar-refractivity contribution is 6.20. The average Bonchev–Trinajstić information content (AvgIpc) is 2.15. The Morgan fingerprint density at radius 2 is 2.00 bits per heavy atom. The van der Waals surface area contributed by atoms with E-state index in [1.165, 1.54) is 12.8 Å². The number of carbonyl (C=O) groups is 1. The van der Waals surface area contributed by atoms with Crippen LogP contribution < -0.4 is 5.32 Å². The second-order valence-electron chi connectivity index (χ2n) is 4.48. The van der Waals surface area contributed by atoms with Crippen LogP contribution in [0.1, 0.15) is 39.5 Å². The summed E-state index contributed by atoms with van der Waals surface area (Å²) in [6.45, 7) is 4.74. The van der Waals surface area contributed by atoms with E-state index in [9.17, 15) is 4.79 Å². The average molecular weight is 218 g/mol. The maximum atomic E-state index is 11.6. The van der Waals surface area contributed by atoms with E-state index in [0.29, 0.717) is 6.54 Å². The molecule has 1 aliphatic carbocycles. The zero-order valence-corrected chi connectivity index (χ0v) is 9.81. The van der Waals surface area contributed by atoms with Crippen molar-refractivity contribution in [3.05, 3.63) is 0 Å². The fourth-order valence-corrected chi connectivity index (χ4v) is 1.98. The smallest absolute Gasteiger partial charge is 0.223 e. The van der Waals surface area contributed by atoms with Gasteiger partial charge in [0, 0.05) is 17.8 Å². The Labute approximate surface area is 91.4 Å². The van der Waals surface area contributed by atoms with Gasteiger partial charge in [0.1, 0.15) is 0 Å². The molecule has 0 aromatic rings. The summed E-state index contributed by atoms with van der Waals surface area (Å²) < 4.78 is 0. The fourth-order valence-electron chi connectivity index (χ4n) is 1.91. The normalized spacial score (nSPS) is 29.6. The molecule has 1 amide bonds.